The number of rotatable bonds is 5. The minimum Gasteiger partial charge on any atom is -0.432 e. The van der Waals surface area contributed by atoms with Crippen LogP contribution in [0.4, 0.5) is 0 Å². The van der Waals surface area contributed by atoms with Crippen LogP contribution in [0, 0.1) is 50.2 Å². The molecule has 0 aromatic carbocycles. The second-order valence-electron chi connectivity index (χ2n) is 20.2. The van der Waals surface area contributed by atoms with Crippen LogP contribution in [0.2, 0.25) is 0 Å². The van der Waals surface area contributed by atoms with E-state index < -0.39 is 73.3 Å². The van der Waals surface area contributed by atoms with Crippen molar-refractivity contribution in [1.29, 1.82) is 0 Å². The zero-order valence-electron chi connectivity index (χ0n) is 32.7. The molecule has 0 aromatic rings. The highest BCUT2D eigenvalue weighted by atomic mass is 16.7. The van der Waals surface area contributed by atoms with Crippen LogP contribution in [0.3, 0.4) is 0 Å². The summed E-state index contributed by atoms with van der Waals surface area (Å²) in [6, 6.07) is 0. The number of hydrogen-bond donors (Lipinski definition) is 7. The zero-order chi connectivity index (χ0) is 38.7. The lowest BCUT2D eigenvalue weighted by molar-refractivity contribution is -0.308. The largest absolute Gasteiger partial charge is 0.432 e. The van der Waals surface area contributed by atoms with Gasteiger partial charge in [-0.15, -0.1) is 0 Å². The van der Waals surface area contributed by atoms with Gasteiger partial charge >= 0.3 is 5.97 Å². The molecule has 0 aromatic heterocycles. The Morgan fingerprint density at radius 2 is 1.47 bits per heavy atom. The molecular weight excluding hydrogens is 684 g/mol. The van der Waals surface area contributed by atoms with Gasteiger partial charge in [0.25, 0.3) is 0 Å². The number of ether oxygens (including phenoxy) is 4. The molecule has 5 aliphatic carbocycles. The van der Waals surface area contributed by atoms with Crippen LogP contribution in [0.15, 0.2) is 11.6 Å². The number of carbonyl (C=O) groups is 1. The van der Waals surface area contributed by atoms with E-state index in [4.69, 9.17) is 18.9 Å². The highest BCUT2D eigenvalue weighted by molar-refractivity contribution is 5.79. The van der Waals surface area contributed by atoms with E-state index >= 15 is 0 Å². The molecule has 2 heterocycles. The molecule has 17 atom stereocenters. The first kappa shape index (κ1) is 40.0. The second-order valence-corrected chi connectivity index (χ2v) is 20.2. The predicted octanol–water partition coefficient (Wildman–Crippen LogP) is 2.96. The number of allylic oxidation sites excluding steroid dienone is 2. The molecule has 12 heteroatoms. The Hall–Kier alpha value is -1.19. The average Bonchev–Trinajstić information content (AvgIpc) is 3.09. The molecule has 2 saturated heterocycles. The number of aliphatic hydroxyl groups is 7. The maximum atomic E-state index is 14.5. The normalized spacial score (nSPS) is 53.2. The minimum absolute atomic E-state index is 0.00420. The summed E-state index contributed by atoms with van der Waals surface area (Å²) in [5, 5.41) is 72.3. The van der Waals surface area contributed by atoms with Crippen LogP contribution in [0.5, 0.6) is 0 Å². The van der Waals surface area contributed by atoms with Gasteiger partial charge in [-0.05, 0) is 109 Å². The molecule has 302 valence electrons. The number of esters is 1. The minimum atomic E-state index is -1.64. The topological polar surface area (TPSA) is 196 Å². The van der Waals surface area contributed by atoms with Crippen LogP contribution in [-0.4, -0.2) is 116 Å². The fraction of sp³-hybridized carbons (Fsp3) is 0.927. The summed E-state index contributed by atoms with van der Waals surface area (Å²) >= 11 is 0. The number of fused-ring (bicyclic) bond motifs is 7. The van der Waals surface area contributed by atoms with Crippen molar-refractivity contribution in [2.75, 3.05) is 13.2 Å². The van der Waals surface area contributed by atoms with Crippen molar-refractivity contribution in [1.82, 2.24) is 0 Å². The number of carbonyl (C=O) groups excluding carboxylic acids is 1. The van der Waals surface area contributed by atoms with E-state index in [1.807, 2.05) is 0 Å². The van der Waals surface area contributed by atoms with Crippen molar-refractivity contribution in [3.63, 3.8) is 0 Å². The van der Waals surface area contributed by atoms with Gasteiger partial charge in [0.1, 0.15) is 42.7 Å². The Kier molecular flexibility index (Phi) is 10.2. The Labute approximate surface area is 314 Å². The van der Waals surface area contributed by atoms with Gasteiger partial charge < -0.3 is 54.7 Å². The Bertz CT molecular complexity index is 1430. The Balaban J connectivity index is 1.16. The molecular formula is C41H66O12. The van der Waals surface area contributed by atoms with Gasteiger partial charge in [-0.1, -0.05) is 60.1 Å². The molecule has 0 amide bonds. The lowest BCUT2D eigenvalue weighted by Gasteiger charge is -2.71. The monoisotopic (exact) mass is 750 g/mol. The number of hydrogen-bond acceptors (Lipinski definition) is 12. The summed E-state index contributed by atoms with van der Waals surface area (Å²) in [5.74, 6) is 0.220. The Morgan fingerprint density at radius 3 is 2.17 bits per heavy atom. The molecule has 4 saturated carbocycles. The molecule has 7 N–H and O–H groups in total. The molecule has 0 radical (unpaired) electrons. The maximum Gasteiger partial charge on any atom is 0.315 e. The van der Waals surface area contributed by atoms with Gasteiger partial charge in [-0.2, -0.15) is 0 Å². The van der Waals surface area contributed by atoms with Gasteiger partial charge in [0.05, 0.1) is 24.7 Å². The van der Waals surface area contributed by atoms with Crippen LogP contribution < -0.4 is 0 Å². The van der Waals surface area contributed by atoms with Crippen molar-refractivity contribution >= 4 is 5.97 Å². The molecule has 6 fully saturated rings. The fourth-order valence-corrected chi connectivity index (χ4v) is 13.3. The summed E-state index contributed by atoms with van der Waals surface area (Å²) in [6.07, 6.45) is -1.54. The van der Waals surface area contributed by atoms with E-state index in [0.29, 0.717) is 24.7 Å². The Morgan fingerprint density at radius 1 is 0.792 bits per heavy atom. The van der Waals surface area contributed by atoms with Gasteiger partial charge in [0.2, 0.25) is 6.29 Å². The molecule has 2 aliphatic heterocycles. The molecule has 7 rings (SSSR count). The van der Waals surface area contributed by atoms with Gasteiger partial charge in [0.15, 0.2) is 6.29 Å². The van der Waals surface area contributed by atoms with Gasteiger partial charge in [0, 0.05) is 0 Å². The quantitative estimate of drug-likeness (QED) is 0.124. The lowest BCUT2D eigenvalue weighted by atomic mass is 9.33. The van der Waals surface area contributed by atoms with E-state index in [1.165, 1.54) is 5.57 Å². The van der Waals surface area contributed by atoms with E-state index in [1.54, 1.807) is 0 Å². The summed E-state index contributed by atoms with van der Waals surface area (Å²) in [4.78, 5) is 14.5. The third-order valence-corrected chi connectivity index (χ3v) is 16.8. The van der Waals surface area contributed by atoms with Crippen molar-refractivity contribution in [3.8, 4) is 0 Å². The first-order valence-electron chi connectivity index (χ1n) is 20.2. The van der Waals surface area contributed by atoms with Crippen LogP contribution in [0.1, 0.15) is 113 Å². The lowest BCUT2D eigenvalue weighted by Crippen LogP contribution is -2.66. The first-order chi connectivity index (χ1) is 24.7. The molecule has 53 heavy (non-hydrogen) atoms. The number of aliphatic hydroxyl groups excluding tert-OH is 7. The summed E-state index contributed by atoms with van der Waals surface area (Å²) in [5.41, 5.74) is 0.0931. The van der Waals surface area contributed by atoms with Gasteiger partial charge in [-0.25, -0.2) is 0 Å². The molecule has 0 bridgehead atoms. The predicted molar refractivity (Wildman–Crippen MR) is 192 cm³/mol. The van der Waals surface area contributed by atoms with E-state index in [9.17, 15) is 40.5 Å². The summed E-state index contributed by atoms with van der Waals surface area (Å²) in [7, 11) is 0. The average molecular weight is 751 g/mol. The van der Waals surface area contributed by atoms with Crippen molar-refractivity contribution < 1.29 is 59.5 Å². The van der Waals surface area contributed by atoms with Crippen molar-refractivity contribution in [2.24, 2.45) is 50.2 Å². The van der Waals surface area contributed by atoms with Crippen molar-refractivity contribution in [3.05, 3.63) is 11.6 Å². The zero-order valence-corrected chi connectivity index (χ0v) is 32.7. The highest BCUT2D eigenvalue weighted by Gasteiger charge is 2.70. The SMILES string of the molecule is CC1(C)CC[C@]2(C(=O)O[C@@H]3O[C@H](CO)[C@@H](O)[C@H](O)[C@H]3O)CC[C@]3(C)C(=CC[C@@H]4[C@@]5(C)CC[C@H](O[C@@H]6OC[C@@H](O)[C@H](O)[C@H]6O)C(C)(C)[C@@H]5CC[C@]43C)[C@@H]2C1. The molecule has 7 aliphatic rings. The third kappa shape index (κ3) is 5.94. The van der Waals surface area contributed by atoms with E-state index in [2.05, 4.69) is 54.5 Å². The fourth-order valence-electron chi connectivity index (χ4n) is 13.3. The van der Waals surface area contributed by atoms with Crippen LogP contribution in [0.25, 0.3) is 0 Å². The molecule has 12 nitrogen and oxygen atoms in total. The van der Waals surface area contributed by atoms with E-state index in [-0.39, 0.29) is 45.7 Å². The third-order valence-electron chi connectivity index (χ3n) is 16.8. The molecule has 0 spiro atoms. The summed E-state index contributed by atoms with van der Waals surface area (Å²) in [6.45, 7) is 15.8. The van der Waals surface area contributed by atoms with E-state index in [0.717, 1.165) is 51.4 Å². The maximum absolute atomic E-state index is 14.5. The van der Waals surface area contributed by atoms with Crippen LogP contribution >= 0.6 is 0 Å². The van der Waals surface area contributed by atoms with Crippen molar-refractivity contribution in [2.45, 2.75) is 174 Å². The molecule has 0 unspecified atom stereocenters. The smallest absolute Gasteiger partial charge is 0.315 e. The van der Waals surface area contributed by atoms with Gasteiger partial charge in [-0.3, -0.25) is 4.79 Å². The van der Waals surface area contributed by atoms with Crippen LogP contribution in [-0.2, 0) is 23.7 Å². The summed E-state index contributed by atoms with van der Waals surface area (Å²) < 4.78 is 23.8. The second kappa shape index (κ2) is 13.5. The standard InChI is InChI=1S/C41H66O12/c1-36(2)14-16-41(35(49)53-34-32(48)30(46)29(45)24(19-42)51-34)17-15-39(6)21(22(41)18-36)8-9-26-38(5)12-11-27(37(3,4)25(38)10-13-40(26,39)7)52-33-31(47)28(44)23(43)20-50-33/h8,22-34,42-48H,9-20H2,1-7H3/t22-,23+,24+,25-,26+,27-,28-,29+,30-,31+,32+,33-,34-,38-,39+,40+,41-/m0/s1. The first-order valence-corrected chi connectivity index (χ1v) is 20.2. The highest BCUT2D eigenvalue weighted by Crippen LogP contribution is 2.76.